The van der Waals surface area contributed by atoms with Gasteiger partial charge in [-0.25, -0.2) is 0 Å². The Balaban J connectivity index is 2.41. The first-order chi connectivity index (χ1) is 12.3. The van der Waals surface area contributed by atoms with E-state index in [1.54, 1.807) is 0 Å². The molecule has 0 bridgehead atoms. The average Bonchev–Trinajstić information content (AvgIpc) is 2.65. The van der Waals surface area contributed by atoms with Crippen molar-refractivity contribution in [1.29, 1.82) is 0 Å². The van der Waals surface area contributed by atoms with Crippen molar-refractivity contribution in [2.45, 2.75) is 13.8 Å². The molecule has 6 heteroatoms. The van der Waals surface area contributed by atoms with Gasteiger partial charge in [0.2, 0.25) is 0 Å². The monoisotopic (exact) mass is 417 g/mol. The molecule has 0 amide bonds. The molecular formula is C19H31NOS4. The van der Waals surface area contributed by atoms with Crippen molar-refractivity contribution < 1.29 is 4.79 Å². The van der Waals surface area contributed by atoms with Gasteiger partial charge in [0.25, 0.3) is 0 Å². The number of thioether (sulfide) groups is 4. The molecule has 0 saturated heterocycles. The van der Waals surface area contributed by atoms with Crippen molar-refractivity contribution in [1.82, 2.24) is 0 Å². The molecule has 0 aromatic heterocycles. The second-order valence-electron chi connectivity index (χ2n) is 5.32. The number of carbonyl (C=O) groups is 1. The highest BCUT2D eigenvalue weighted by Gasteiger charge is 2.07. The molecular weight excluding hydrogens is 386 g/mol. The van der Waals surface area contributed by atoms with E-state index in [0.29, 0.717) is 0 Å². The molecule has 0 aliphatic heterocycles. The zero-order chi connectivity index (χ0) is 18.2. The summed E-state index contributed by atoms with van der Waals surface area (Å²) in [7, 11) is 0. The van der Waals surface area contributed by atoms with Crippen LogP contribution in [-0.2, 0) is 0 Å². The first kappa shape index (κ1) is 23.1. The first-order valence-electron chi connectivity index (χ1n) is 8.93. The van der Waals surface area contributed by atoms with E-state index in [4.69, 9.17) is 0 Å². The Morgan fingerprint density at radius 2 is 1.24 bits per heavy atom. The van der Waals surface area contributed by atoms with Crippen LogP contribution in [0.1, 0.15) is 24.2 Å². The fraction of sp³-hybridized carbons (Fsp3) is 0.632. The summed E-state index contributed by atoms with van der Waals surface area (Å²) in [6.07, 6.45) is 0.913. The van der Waals surface area contributed by atoms with Crippen LogP contribution in [0.2, 0.25) is 0 Å². The Morgan fingerprint density at radius 1 is 0.760 bits per heavy atom. The number of hydrogen-bond acceptors (Lipinski definition) is 6. The lowest BCUT2D eigenvalue weighted by Crippen LogP contribution is -2.28. The molecule has 142 valence electrons. The highest BCUT2D eigenvalue weighted by Crippen LogP contribution is 2.17. The molecule has 2 nitrogen and oxygen atoms in total. The summed E-state index contributed by atoms with van der Waals surface area (Å²) in [5, 5.41) is 0. The van der Waals surface area contributed by atoms with Gasteiger partial charge in [-0.05, 0) is 35.8 Å². The molecule has 0 atom stereocenters. The third kappa shape index (κ3) is 11.4. The molecule has 0 spiro atoms. The van der Waals surface area contributed by atoms with Crippen molar-refractivity contribution in [3.05, 3.63) is 29.8 Å². The van der Waals surface area contributed by atoms with E-state index in [2.05, 4.69) is 30.9 Å². The van der Waals surface area contributed by atoms with E-state index in [0.717, 1.165) is 36.4 Å². The zero-order valence-electron chi connectivity index (χ0n) is 15.4. The van der Waals surface area contributed by atoms with E-state index < -0.39 is 0 Å². The highest BCUT2D eigenvalue weighted by molar-refractivity contribution is 8.03. The fourth-order valence-corrected chi connectivity index (χ4v) is 5.78. The van der Waals surface area contributed by atoms with Crippen LogP contribution in [-0.4, -0.2) is 65.4 Å². The summed E-state index contributed by atoms with van der Waals surface area (Å²) >= 11 is 8.13. The third-order valence-corrected chi connectivity index (χ3v) is 7.80. The van der Waals surface area contributed by atoms with E-state index in [1.807, 2.05) is 59.2 Å². The summed E-state index contributed by atoms with van der Waals surface area (Å²) < 4.78 is 0. The number of aldehydes is 1. The second kappa shape index (κ2) is 16.3. The van der Waals surface area contributed by atoms with Crippen molar-refractivity contribution in [2.75, 3.05) is 64.0 Å². The summed E-state index contributed by atoms with van der Waals surface area (Å²) in [6.45, 7) is 6.59. The summed E-state index contributed by atoms with van der Waals surface area (Å²) in [4.78, 5) is 13.3. The molecule has 0 aliphatic carbocycles. The standard InChI is InChI=1S/C19H31NOS4/c1-3-22-13-15-24-11-9-20(10-12-25-16-14-23-4-2)19-7-5-18(17-21)6-8-19/h5-8,17H,3-4,9-16H2,1-2H3. The molecule has 1 aromatic carbocycles. The van der Waals surface area contributed by atoms with E-state index >= 15 is 0 Å². The molecule has 1 rings (SSSR count). The highest BCUT2D eigenvalue weighted by atomic mass is 32.2. The van der Waals surface area contributed by atoms with Gasteiger partial charge in [-0.1, -0.05) is 13.8 Å². The van der Waals surface area contributed by atoms with Crippen LogP contribution in [0.5, 0.6) is 0 Å². The van der Waals surface area contributed by atoms with Crippen LogP contribution in [0.3, 0.4) is 0 Å². The minimum absolute atomic E-state index is 0.751. The number of carbonyl (C=O) groups excluding carboxylic acids is 1. The Hall–Kier alpha value is 0.0900. The summed E-state index contributed by atoms with van der Waals surface area (Å²) in [5.74, 6) is 9.72. The van der Waals surface area contributed by atoms with Gasteiger partial charge in [-0.3, -0.25) is 4.79 Å². The Morgan fingerprint density at radius 3 is 1.68 bits per heavy atom. The normalized spacial score (nSPS) is 10.8. The molecule has 0 fully saturated rings. The zero-order valence-corrected chi connectivity index (χ0v) is 18.7. The topological polar surface area (TPSA) is 20.3 Å². The van der Waals surface area contributed by atoms with Crippen LogP contribution >= 0.6 is 47.0 Å². The predicted octanol–water partition coefficient (Wildman–Crippen LogP) is 5.28. The molecule has 0 aliphatic rings. The van der Waals surface area contributed by atoms with Crippen LogP contribution < -0.4 is 4.90 Å². The van der Waals surface area contributed by atoms with E-state index in [1.165, 1.54) is 40.2 Å². The second-order valence-corrected chi connectivity index (χ2v) is 10.6. The maximum Gasteiger partial charge on any atom is 0.150 e. The van der Waals surface area contributed by atoms with Crippen molar-refractivity contribution in [3.8, 4) is 0 Å². The predicted molar refractivity (Wildman–Crippen MR) is 125 cm³/mol. The maximum atomic E-state index is 10.9. The van der Waals surface area contributed by atoms with E-state index in [-0.39, 0.29) is 0 Å². The number of nitrogens with zero attached hydrogens (tertiary/aromatic N) is 1. The fourth-order valence-electron chi connectivity index (χ4n) is 2.21. The van der Waals surface area contributed by atoms with Gasteiger partial charge in [0.15, 0.2) is 0 Å². The van der Waals surface area contributed by atoms with Crippen molar-refractivity contribution in [3.63, 3.8) is 0 Å². The molecule has 0 heterocycles. The smallest absolute Gasteiger partial charge is 0.150 e. The minimum Gasteiger partial charge on any atom is -0.370 e. The average molecular weight is 418 g/mol. The quantitative estimate of drug-likeness (QED) is 0.267. The number of anilines is 1. The lowest BCUT2D eigenvalue weighted by atomic mass is 10.2. The van der Waals surface area contributed by atoms with Gasteiger partial charge in [0.1, 0.15) is 6.29 Å². The van der Waals surface area contributed by atoms with Gasteiger partial charge >= 0.3 is 0 Å². The van der Waals surface area contributed by atoms with Gasteiger partial charge in [-0.2, -0.15) is 47.0 Å². The lowest BCUT2D eigenvalue weighted by Gasteiger charge is -2.25. The summed E-state index contributed by atoms with van der Waals surface area (Å²) in [6, 6.07) is 8.01. The number of benzene rings is 1. The molecule has 0 radical (unpaired) electrons. The minimum atomic E-state index is 0.751. The van der Waals surface area contributed by atoms with Gasteiger partial charge in [0, 0.05) is 58.9 Å². The Labute approximate surface area is 171 Å². The first-order valence-corrected chi connectivity index (χ1v) is 13.5. The van der Waals surface area contributed by atoms with E-state index in [9.17, 15) is 4.79 Å². The molecule has 25 heavy (non-hydrogen) atoms. The van der Waals surface area contributed by atoms with Gasteiger partial charge < -0.3 is 4.90 Å². The molecule has 0 N–H and O–H groups in total. The van der Waals surface area contributed by atoms with Crippen LogP contribution in [0.25, 0.3) is 0 Å². The largest absolute Gasteiger partial charge is 0.370 e. The molecule has 0 unspecified atom stereocenters. The molecule has 0 saturated carbocycles. The van der Waals surface area contributed by atoms with Crippen LogP contribution in [0.15, 0.2) is 24.3 Å². The molecule has 1 aromatic rings. The van der Waals surface area contributed by atoms with Crippen LogP contribution in [0.4, 0.5) is 5.69 Å². The van der Waals surface area contributed by atoms with Crippen LogP contribution in [0, 0.1) is 0 Å². The SMILES string of the molecule is CCSCCSCCN(CCSCCSCC)c1ccc(C=O)cc1. The number of rotatable bonds is 16. The number of hydrogen-bond donors (Lipinski definition) is 0. The van der Waals surface area contributed by atoms with Gasteiger partial charge in [-0.15, -0.1) is 0 Å². The Kier molecular flexibility index (Phi) is 15.1. The van der Waals surface area contributed by atoms with Crippen molar-refractivity contribution in [2.24, 2.45) is 0 Å². The Bertz CT molecular complexity index is 426. The summed E-state index contributed by atoms with van der Waals surface area (Å²) in [5.41, 5.74) is 1.98. The third-order valence-electron chi connectivity index (χ3n) is 3.56. The van der Waals surface area contributed by atoms with Gasteiger partial charge in [0.05, 0.1) is 0 Å². The maximum absolute atomic E-state index is 10.9. The lowest BCUT2D eigenvalue weighted by molar-refractivity contribution is 0.112. The van der Waals surface area contributed by atoms with Crippen molar-refractivity contribution >= 4 is 59.0 Å².